The van der Waals surface area contributed by atoms with Gasteiger partial charge < -0.3 is 9.84 Å². The van der Waals surface area contributed by atoms with Crippen LogP contribution in [0.2, 0.25) is 0 Å². The maximum absolute atomic E-state index is 11.4. The Morgan fingerprint density at radius 1 is 1.44 bits per heavy atom. The van der Waals surface area contributed by atoms with Crippen LogP contribution in [-0.2, 0) is 17.6 Å². The highest BCUT2D eigenvalue weighted by Gasteiger charge is 2.44. The number of aliphatic carboxylic acids is 1. The van der Waals surface area contributed by atoms with Crippen molar-refractivity contribution >= 4 is 5.97 Å². The summed E-state index contributed by atoms with van der Waals surface area (Å²) in [6.45, 7) is 2.08. The van der Waals surface area contributed by atoms with E-state index in [1.807, 2.05) is 12.1 Å². The summed E-state index contributed by atoms with van der Waals surface area (Å²) in [4.78, 5) is 11.4. The topological polar surface area (TPSA) is 46.5 Å². The fraction of sp³-hybridized carbons (Fsp3) is 0.533. The Balaban J connectivity index is 2.21. The average molecular weight is 248 g/mol. The molecule has 0 amide bonds. The van der Waals surface area contributed by atoms with Gasteiger partial charge in [0.05, 0.1) is 12.5 Å². The number of benzene rings is 1. The number of methoxy groups -OCH3 is 1. The molecule has 0 aromatic heterocycles. The van der Waals surface area contributed by atoms with Gasteiger partial charge in [0.25, 0.3) is 0 Å². The molecule has 1 N–H and O–H groups in total. The van der Waals surface area contributed by atoms with E-state index in [-0.39, 0.29) is 0 Å². The molecule has 0 radical (unpaired) electrons. The van der Waals surface area contributed by atoms with Crippen LogP contribution in [0.25, 0.3) is 0 Å². The Bertz CT molecular complexity index is 447. The maximum atomic E-state index is 11.4. The second-order valence-electron chi connectivity index (χ2n) is 5.12. The van der Waals surface area contributed by atoms with E-state index in [0.29, 0.717) is 6.42 Å². The van der Waals surface area contributed by atoms with Gasteiger partial charge in [-0.05, 0) is 42.9 Å². The van der Waals surface area contributed by atoms with Crippen molar-refractivity contribution in [3.63, 3.8) is 0 Å². The van der Waals surface area contributed by atoms with Crippen LogP contribution in [0, 0.1) is 5.41 Å². The molecule has 1 aromatic carbocycles. The fourth-order valence-corrected chi connectivity index (χ4v) is 2.68. The van der Waals surface area contributed by atoms with Crippen LogP contribution >= 0.6 is 0 Å². The Hall–Kier alpha value is -1.51. The largest absolute Gasteiger partial charge is 0.496 e. The summed E-state index contributed by atoms with van der Waals surface area (Å²) in [7, 11) is 1.67. The van der Waals surface area contributed by atoms with E-state index in [1.54, 1.807) is 7.11 Å². The molecule has 18 heavy (non-hydrogen) atoms. The first-order valence-electron chi connectivity index (χ1n) is 6.50. The summed E-state index contributed by atoms with van der Waals surface area (Å²) in [5, 5.41) is 9.35. The monoisotopic (exact) mass is 248 g/mol. The number of aryl methyl sites for hydroxylation is 1. The number of rotatable bonds is 5. The number of ether oxygens (including phenoxy) is 1. The van der Waals surface area contributed by atoms with E-state index in [9.17, 15) is 9.90 Å². The zero-order valence-electron chi connectivity index (χ0n) is 11.0. The molecule has 1 saturated carbocycles. The number of carboxylic acids is 1. The number of hydrogen-bond donors (Lipinski definition) is 1. The van der Waals surface area contributed by atoms with Gasteiger partial charge >= 0.3 is 5.97 Å². The quantitative estimate of drug-likeness (QED) is 0.871. The fourth-order valence-electron chi connectivity index (χ4n) is 2.68. The Labute approximate surface area is 108 Å². The first-order valence-corrected chi connectivity index (χ1v) is 6.50. The van der Waals surface area contributed by atoms with Gasteiger partial charge in [0.15, 0.2) is 0 Å². The Morgan fingerprint density at radius 2 is 2.17 bits per heavy atom. The van der Waals surface area contributed by atoms with Crippen molar-refractivity contribution in [3.8, 4) is 5.75 Å². The lowest BCUT2D eigenvalue weighted by atomic mass is 9.65. The molecule has 1 aromatic rings. The van der Waals surface area contributed by atoms with Crippen molar-refractivity contribution in [2.24, 2.45) is 5.41 Å². The van der Waals surface area contributed by atoms with Crippen molar-refractivity contribution in [1.82, 2.24) is 0 Å². The third-order valence-corrected chi connectivity index (χ3v) is 4.03. The minimum Gasteiger partial charge on any atom is -0.496 e. The first kappa shape index (κ1) is 12.9. The van der Waals surface area contributed by atoms with Crippen LogP contribution in [0.15, 0.2) is 18.2 Å². The Kier molecular flexibility index (Phi) is 3.60. The average Bonchev–Trinajstić information content (AvgIpc) is 2.33. The number of carboxylic acid groups (broad SMARTS) is 1. The second-order valence-corrected chi connectivity index (χ2v) is 5.12. The third kappa shape index (κ3) is 2.22. The zero-order chi connectivity index (χ0) is 13.2. The van der Waals surface area contributed by atoms with Gasteiger partial charge in [0, 0.05) is 0 Å². The van der Waals surface area contributed by atoms with E-state index in [2.05, 4.69) is 13.0 Å². The molecule has 3 nitrogen and oxygen atoms in total. The molecule has 0 aliphatic heterocycles. The van der Waals surface area contributed by atoms with Crippen molar-refractivity contribution in [2.45, 2.75) is 39.0 Å². The van der Waals surface area contributed by atoms with Gasteiger partial charge in [0.1, 0.15) is 5.75 Å². The van der Waals surface area contributed by atoms with Gasteiger partial charge in [-0.25, -0.2) is 0 Å². The van der Waals surface area contributed by atoms with Crippen LogP contribution in [0.3, 0.4) is 0 Å². The predicted molar refractivity (Wildman–Crippen MR) is 70.0 cm³/mol. The molecule has 0 heterocycles. The molecule has 0 unspecified atom stereocenters. The Morgan fingerprint density at radius 3 is 2.61 bits per heavy atom. The summed E-state index contributed by atoms with van der Waals surface area (Å²) in [5.74, 6) is 0.238. The molecular weight excluding hydrogens is 228 g/mol. The number of hydrogen-bond acceptors (Lipinski definition) is 2. The van der Waals surface area contributed by atoms with E-state index in [4.69, 9.17) is 4.74 Å². The van der Waals surface area contributed by atoms with Crippen molar-refractivity contribution in [1.29, 1.82) is 0 Å². The van der Waals surface area contributed by atoms with Crippen LogP contribution < -0.4 is 4.74 Å². The molecule has 1 aliphatic rings. The number of carbonyl (C=O) groups is 1. The van der Waals surface area contributed by atoms with Crippen LogP contribution in [0.1, 0.15) is 37.3 Å². The summed E-state index contributed by atoms with van der Waals surface area (Å²) >= 11 is 0. The smallest absolute Gasteiger partial charge is 0.309 e. The lowest BCUT2D eigenvalue weighted by Crippen LogP contribution is -2.39. The first-order chi connectivity index (χ1) is 8.61. The van der Waals surface area contributed by atoms with Gasteiger partial charge in [-0.3, -0.25) is 4.79 Å². The van der Waals surface area contributed by atoms with Crippen molar-refractivity contribution < 1.29 is 14.6 Å². The molecule has 3 heteroatoms. The highest BCUT2D eigenvalue weighted by atomic mass is 16.5. The lowest BCUT2D eigenvalue weighted by Gasteiger charge is -2.37. The van der Waals surface area contributed by atoms with Crippen LogP contribution in [0.4, 0.5) is 0 Å². The minimum absolute atomic E-state index is 0.514. The standard InChI is InChI=1S/C15H20O3/c1-3-12-9-11(5-6-13(12)18-2)10-15(14(16)17)7-4-8-15/h5-6,9H,3-4,7-8,10H2,1-2H3,(H,16,17). The minimum atomic E-state index is -0.650. The molecule has 0 atom stereocenters. The summed E-state index contributed by atoms with van der Waals surface area (Å²) < 4.78 is 5.29. The summed E-state index contributed by atoms with van der Waals surface area (Å²) in [6, 6.07) is 6.02. The molecular formula is C15H20O3. The van der Waals surface area contributed by atoms with Gasteiger partial charge in [-0.15, -0.1) is 0 Å². The predicted octanol–water partition coefficient (Wildman–Crippen LogP) is 3.06. The third-order valence-electron chi connectivity index (χ3n) is 4.03. The molecule has 0 bridgehead atoms. The van der Waals surface area contributed by atoms with E-state index < -0.39 is 11.4 Å². The van der Waals surface area contributed by atoms with Crippen molar-refractivity contribution in [3.05, 3.63) is 29.3 Å². The molecule has 1 fully saturated rings. The normalized spacial score (nSPS) is 17.0. The zero-order valence-corrected chi connectivity index (χ0v) is 11.0. The van der Waals surface area contributed by atoms with E-state index >= 15 is 0 Å². The molecule has 0 spiro atoms. The maximum Gasteiger partial charge on any atom is 0.309 e. The molecule has 1 aliphatic carbocycles. The highest BCUT2D eigenvalue weighted by molar-refractivity contribution is 5.76. The van der Waals surface area contributed by atoms with E-state index in [0.717, 1.165) is 42.6 Å². The molecule has 0 saturated heterocycles. The highest BCUT2D eigenvalue weighted by Crippen LogP contribution is 2.44. The summed E-state index contributed by atoms with van der Waals surface area (Å²) in [6.07, 6.45) is 4.17. The lowest BCUT2D eigenvalue weighted by molar-refractivity contribution is -0.154. The molecule has 98 valence electrons. The van der Waals surface area contributed by atoms with Crippen LogP contribution in [-0.4, -0.2) is 18.2 Å². The van der Waals surface area contributed by atoms with Gasteiger partial charge in [-0.1, -0.05) is 25.5 Å². The second kappa shape index (κ2) is 5.01. The van der Waals surface area contributed by atoms with Gasteiger partial charge in [-0.2, -0.15) is 0 Å². The SMILES string of the molecule is CCc1cc(CC2(C(=O)O)CCC2)ccc1OC. The molecule has 2 rings (SSSR count). The van der Waals surface area contributed by atoms with Crippen molar-refractivity contribution in [2.75, 3.05) is 7.11 Å². The van der Waals surface area contributed by atoms with Gasteiger partial charge in [0.2, 0.25) is 0 Å². The van der Waals surface area contributed by atoms with E-state index in [1.165, 1.54) is 0 Å². The summed E-state index contributed by atoms with van der Waals surface area (Å²) in [5.41, 5.74) is 1.74. The van der Waals surface area contributed by atoms with Crippen LogP contribution in [0.5, 0.6) is 5.75 Å².